The third-order valence-corrected chi connectivity index (χ3v) is 10.6. The van der Waals surface area contributed by atoms with Gasteiger partial charge in [0.25, 0.3) is 11.5 Å². The van der Waals surface area contributed by atoms with Crippen molar-refractivity contribution in [3.63, 3.8) is 0 Å². The summed E-state index contributed by atoms with van der Waals surface area (Å²) < 4.78 is 32.5. The zero-order valence-corrected chi connectivity index (χ0v) is 34.8. The standard InChI is InChI=1S/C42H55ClN6O6S/c1-6-8-9-10-11-12-13-14-15-18-27-55-42(52)31-21-23-34(43)37(29-31)47-40(50)38(39-46-36-20-17-16-19-33(36)41(51)48(39)4)45-35-24-22-32(28-30(35)3)49(7-2)26-25-44-56(5,53)54/h16-17,19-24,28-29,44H,6-15,18,25-27H2,1-5H3,(H,47,50). The van der Waals surface area contributed by atoms with E-state index < -0.39 is 21.9 Å². The molecule has 0 saturated heterocycles. The Morgan fingerprint density at radius 2 is 1.61 bits per heavy atom. The van der Waals surface area contributed by atoms with Crippen molar-refractivity contribution in [2.24, 2.45) is 12.0 Å². The summed E-state index contributed by atoms with van der Waals surface area (Å²) in [6.07, 6.45) is 12.8. The van der Waals surface area contributed by atoms with Crippen LogP contribution in [-0.2, 0) is 26.6 Å². The van der Waals surface area contributed by atoms with Crippen molar-refractivity contribution in [2.45, 2.75) is 85.0 Å². The highest BCUT2D eigenvalue weighted by atomic mass is 35.5. The number of amides is 1. The number of benzene rings is 3. The SMILES string of the molecule is CCCCCCCCCCCCOC(=O)c1ccc(Cl)c(NC(=O)C(=Nc2ccc(N(CC)CCNS(C)(=O)=O)cc2C)c2nc3ccccc3c(=O)n2C)c1. The maximum absolute atomic E-state index is 14.2. The highest BCUT2D eigenvalue weighted by Gasteiger charge is 2.23. The van der Waals surface area contributed by atoms with Crippen LogP contribution in [0.5, 0.6) is 0 Å². The molecule has 0 unspecified atom stereocenters. The van der Waals surface area contributed by atoms with Crippen LogP contribution >= 0.6 is 11.6 Å². The van der Waals surface area contributed by atoms with Gasteiger partial charge in [0, 0.05) is 32.4 Å². The number of hydrogen-bond donors (Lipinski definition) is 2. The number of unbranched alkanes of at least 4 members (excludes halogenated alkanes) is 9. The lowest BCUT2D eigenvalue weighted by Gasteiger charge is -2.24. The van der Waals surface area contributed by atoms with Crippen molar-refractivity contribution in [3.05, 3.63) is 93.0 Å². The van der Waals surface area contributed by atoms with E-state index in [0.29, 0.717) is 36.3 Å². The Kier molecular flexibility index (Phi) is 17.1. The van der Waals surface area contributed by atoms with Gasteiger partial charge in [0.15, 0.2) is 11.5 Å². The number of aromatic nitrogens is 2. The summed E-state index contributed by atoms with van der Waals surface area (Å²) in [5.74, 6) is -1.20. The number of carbonyl (C=O) groups excluding carboxylic acids is 2. The summed E-state index contributed by atoms with van der Waals surface area (Å²) in [6.45, 7) is 7.62. The number of ether oxygens (including phenoxy) is 1. The maximum atomic E-state index is 14.2. The Morgan fingerprint density at radius 1 is 0.929 bits per heavy atom. The second-order valence-corrected chi connectivity index (χ2v) is 16.2. The molecule has 0 bridgehead atoms. The molecule has 0 saturated carbocycles. The van der Waals surface area contributed by atoms with Crippen LogP contribution in [0.2, 0.25) is 5.02 Å². The molecule has 0 atom stereocenters. The number of sulfonamides is 1. The number of likely N-dealkylation sites (N-methyl/N-ethyl adjacent to an activating group) is 1. The number of fused-ring (bicyclic) bond motifs is 1. The molecule has 302 valence electrons. The lowest BCUT2D eigenvalue weighted by Crippen LogP contribution is -2.34. The smallest absolute Gasteiger partial charge is 0.338 e. The Labute approximate surface area is 335 Å². The molecule has 0 spiro atoms. The molecule has 0 aliphatic heterocycles. The number of aliphatic imine (C=N–C) groups is 1. The van der Waals surface area contributed by atoms with E-state index in [0.717, 1.165) is 36.8 Å². The van der Waals surface area contributed by atoms with Crippen molar-refractivity contribution < 1.29 is 22.7 Å². The summed E-state index contributed by atoms with van der Waals surface area (Å²) in [7, 11) is -1.81. The minimum Gasteiger partial charge on any atom is -0.462 e. The van der Waals surface area contributed by atoms with Crippen molar-refractivity contribution in [1.82, 2.24) is 14.3 Å². The summed E-state index contributed by atoms with van der Waals surface area (Å²) in [4.78, 5) is 52.2. The Bertz CT molecular complexity index is 2170. The Balaban J connectivity index is 1.55. The highest BCUT2D eigenvalue weighted by Crippen LogP contribution is 2.28. The number of para-hydroxylation sites is 1. The van der Waals surface area contributed by atoms with Gasteiger partial charge in [0.2, 0.25) is 10.0 Å². The number of nitrogens with zero attached hydrogens (tertiary/aromatic N) is 4. The van der Waals surface area contributed by atoms with E-state index in [4.69, 9.17) is 21.3 Å². The minimum absolute atomic E-state index is 0.0277. The van der Waals surface area contributed by atoms with Gasteiger partial charge >= 0.3 is 5.97 Å². The lowest BCUT2D eigenvalue weighted by molar-refractivity contribution is -0.110. The molecule has 12 nitrogen and oxygen atoms in total. The van der Waals surface area contributed by atoms with E-state index in [9.17, 15) is 22.8 Å². The fourth-order valence-electron chi connectivity index (χ4n) is 6.32. The molecule has 1 aromatic heterocycles. The van der Waals surface area contributed by atoms with Crippen molar-refractivity contribution in [2.75, 3.05) is 42.7 Å². The number of rotatable bonds is 22. The number of aryl methyl sites for hydroxylation is 1. The second-order valence-electron chi connectivity index (χ2n) is 14.0. The highest BCUT2D eigenvalue weighted by molar-refractivity contribution is 7.88. The van der Waals surface area contributed by atoms with Crippen LogP contribution in [-0.4, -0.2) is 68.1 Å². The van der Waals surface area contributed by atoms with Gasteiger partial charge in [0.05, 0.1) is 45.7 Å². The monoisotopic (exact) mass is 806 g/mol. The zero-order chi connectivity index (χ0) is 40.7. The lowest BCUT2D eigenvalue weighted by atomic mass is 10.1. The van der Waals surface area contributed by atoms with Crippen LogP contribution < -0.4 is 20.5 Å². The molecule has 3 aromatic carbocycles. The van der Waals surface area contributed by atoms with E-state index >= 15 is 0 Å². The first-order valence-corrected chi connectivity index (χ1v) is 21.7. The first-order chi connectivity index (χ1) is 26.8. The maximum Gasteiger partial charge on any atom is 0.338 e. The molecular formula is C42H55ClN6O6S. The van der Waals surface area contributed by atoms with E-state index in [2.05, 4.69) is 21.9 Å². The normalized spacial score (nSPS) is 11.9. The van der Waals surface area contributed by atoms with Gasteiger partial charge < -0.3 is 15.0 Å². The number of carbonyl (C=O) groups is 2. The predicted octanol–water partition coefficient (Wildman–Crippen LogP) is 8.11. The second kappa shape index (κ2) is 21.6. The topological polar surface area (TPSA) is 152 Å². The first-order valence-electron chi connectivity index (χ1n) is 19.5. The molecule has 4 rings (SSSR count). The largest absolute Gasteiger partial charge is 0.462 e. The number of esters is 1. The summed E-state index contributed by atoms with van der Waals surface area (Å²) in [6, 6.07) is 16.9. The summed E-state index contributed by atoms with van der Waals surface area (Å²) >= 11 is 6.54. The van der Waals surface area contributed by atoms with E-state index in [1.807, 2.05) is 30.9 Å². The van der Waals surface area contributed by atoms with Crippen LogP contribution in [0.1, 0.15) is 99.8 Å². The Morgan fingerprint density at radius 3 is 2.27 bits per heavy atom. The first kappa shape index (κ1) is 44.1. The zero-order valence-electron chi connectivity index (χ0n) is 33.2. The van der Waals surface area contributed by atoms with Crippen LogP contribution in [0, 0.1) is 6.92 Å². The van der Waals surface area contributed by atoms with Gasteiger partial charge in [-0.3, -0.25) is 14.2 Å². The number of halogens is 1. The van der Waals surface area contributed by atoms with Gasteiger partial charge in [-0.25, -0.2) is 27.9 Å². The molecule has 0 aliphatic carbocycles. The van der Waals surface area contributed by atoms with Crippen LogP contribution in [0.3, 0.4) is 0 Å². The number of nitrogens with one attached hydrogen (secondary N) is 2. The molecule has 14 heteroatoms. The number of anilines is 2. The van der Waals surface area contributed by atoms with Gasteiger partial charge in [-0.2, -0.15) is 0 Å². The molecule has 2 N–H and O–H groups in total. The molecule has 4 aromatic rings. The van der Waals surface area contributed by atoms with Gasteiger partial charge in [-0.05, 0) is 74.4 Å². The minimum atomic E-state index is -3.33. The average molecular weight is 807 g/mol. The predicted molar refractivity (Wildman–Crippen MR) is 227 cm³/mol. The fourth-order valence-corrected chi connectivity index (χ4v) is 6.94. The molecule has 0 aliphatic rings. The number of hydrogen-bond acceptors (Lipinski definition) is 9. The fraction of sp³-hybridized carbons (Fsp3) is 0.452. The molecule has 1 amide bonds. The molecule has 1 heterocycles. The van der Waals surface area contributed by atoms with E-state index in [1.165, 1.54) is 68.7 Å². The van der Waals surface area contributed by atoms with E-state index in [-0.39, 0.29) is 39.9 Å². The third kappa shape index (κ3) is 13.0. The van der Waals surface area contributed by atoms with Crippen molar-refractivity contribution >= 4 is 67.2 Å². The molecule has 0 radical (unpaired) electrons. The quantitative estimate of drug-likeness (QED) is 0.0459. The van der Waals surface area contributed by atoms with Gasteiger partial charge in [-0.1, -0.05) is 88.4 Å². The summed E-state index contributed by atoms with van der Waals surface area (Å²) in [5.41, 5.74) is 2.28. The van der Waals surface area contributed by atoms with Gasteiger partial charge in [-0.15, -0.1) is 0 Å². The van der Waals surface area contributed by atoms with Crippen molar-refractivity contribution in [3.8, 4) is 0 Å². The average Bonchev–Trinajstić information content (AvgIpc) is 3.17. The van der Waals surface area contributed by atoms with Crippen LogP contribution in [0.25, 0.3) is 10.9 Å². The third-order valence-electron chi connectivity index (χ3n) is 9.50. The summed E-state index contributed by atoms with van der Waals surface area (Å²) in [5, 5.41) is 3.37. The van der Waals surface area contributed by atoms with Crippen LogP contribution in [0.4, 0.5) is 17.1 Å². The van der Waals surface area contributed by atoms with E-state index in [1.54, 1.807) is 36.4 Å². The molecular weight excluding hydrogens is 752 g/mol. The van der Waals surface area contributed by atoms with Gasteiger partial charge in [0.1, 0.15) is 0 Å². The van der Waals surface area contributed by atoms with Crippen LogP contribution in [0.15, 0.2) is 70.5 Å². The molecule has 0 fully saturated rings. The van der Waals surface area contributed by atoms with Crippen molar-refractivity contribution in [1.29, 1.82) is 0 Å². The molecule has 56 heavy (non-hydrogen) atoms. The Hall–Kier alpha value is -4.59.